The molecule has 1 aliphatic heterocycles. The molecule has 0 amide bonds. The van der Waals surface area contributed by atoms with Gasteiger partial charge in [0.05, 0.1) is 29.1 Å². The van der Waals surface area contributed by atoms with Crippen molar-refractivity contribution in [2.24, 2.45) is 0 Å². The van der Waals surface area contributed by atoms with Crippen molar-refractivity contribution in [1.82, 2.24) is 39.5 Å². The van der Waals surface area contributed by atoms with Crippen LogP contribution in [0, 0.1) is 0 Å². The molecule has 1 aliphatic carbocycles. The second-order valence-corrected chi connectivity index (χ2v) is 11.9. The highest BCUT2D eigenvalue weighted by atomic mass is 35.5. The molecule has 0 atom stereocenters. The molecule has 7 rings (SSSR count). The van der Waals surface area contributed by atoms with E-state index in [2.05, 4.69) is 35.5 Å². The number of benzene rings is 2. The number of piperazine rings is 1. The van der Waals surface area contributed by atoms with Gasteiger partial charge in [0.15, 0.2) is 5.65 Å². The van der Waals surface area contributed by atoms with Gasteiger partial charge in [-0.25, -0.2) is 19.6 Å². The Balaban J connectivity index is 1.13. The zero-order valence-electron chi connectivity index (χ0n) is 23.6. The van der Waals surface area contributed by atoms with Crippen LogP contribution in [0.4, 0.5) is 5.82 Å². The molecule has 10 nitrogen and oxygen atoms in total. The summed E-state index contributed by atoms with van der Waals surface area (Å²) < 4.78 is 2.10. The molecule has 4 N–H and O–H groups in total. The predicted molar refractivity (Wildman–Crippen MR) is 165 cm³/mol. The van der Waals surface area contributed by atoms with E-state index in [0.29, 0.717) is 18.3 Å². The Kier molecular flexibility index (Phi) is 7.54. The van der Waals surface area contributed by atoms with Gasteiger partial charge in [-0.2, -0.15) is 5.10 Å². The summed E-state index contributed by atoms with van der Waals surface area (Å²) in [4.78, 5) is 22.2. The minimum Gasteiger partial charge on any atom is -0.395 e. The second-order valence-electron chi connectivity index (χ2n) is 11.5. The van der Waals surface area contributed by atoms with Crippen LogP contribution < -0.4 is 5.73 Å². The van der Waals surface area contributed by atoms with E-state index in [1.807, 2.05) is 36.4 Å². The number of aliphatic hydroxyl groups is 1. The van der Waals surface area contributed by atoms with Crippen molar-refractivity contribution in [1.29, 1.82) is 0 Å². The van der Waals surface area contributed by atoms with Crippen molar-refractivity contribution in [2.75, 3.05) is 45.1 Å². The minimum atomic E-state index is 0.235. The van der Waals surface area contributed by atoms with Crippen molar-refractivity contribution in [3.63, 3.8) is 0 Å². The Bertz CT molecular complexity index is 1700. The zero-order valence-corrected chi connectivity index (χ0v) is 24.3. The van der Waals surface area contributed by atoms with Gasteiger partial charge in [0.2, 0.25) is 0 Å². The first-order valence-corrected chi connectivity index (χ1v) is 15.2. The summed E-state index contributed by atoms with van der Waals surface area (Å²) in [5, 5.41) is 15.9. The maximum Gasteiger partial charge on any atom is 0.164 e. The molecule has 1 saturated heterocycles. The number of hydrogen-bond donors (Lipinski definition) is 3. The Morgan fingerprint density at radius 3 is 2.55 bits per heavy atom. The number of nitrogen functional groups attached to an aromatic ring is 1. The van der Waals surface area contributed by atoms with Crippen molar-refractivity contribution in [3.8, 4) is 11.3 Å². The Morgan fingerprint density at radius 2 is 1.76 bits per heavy atom. The lowest BCUT2D eigenvalue weighted by Gasteiger charge is -2.41. The molecule has 2 fully saturated rings. The van der Waals surface area contributed by atoms with Gasteiger partial charge in [-0.3, -0.25) is 9.80 Å². The largest absolute Gasteiger partial charge is 0.395 e. The van der Waals surface area contributed by atoms with Gasteiger partial charge in [0.25, 0.3) is 0 Å². The number of fused-ring (bicyclic) bond motifs is 2. The third kappa shape index (κ3) is 5.24. The van der Waals surface area contributed by atoms with Crippen LogP contribution in [-0.4, -0.2) is 90.0 Å². The highest BCUT2D eigenvalue weighted by Crippen LogP contribution is 2.37. The molecule has 4 heterocycles. The number of aliphatic hydroxyl groups excluding tert-OH is 1. The van der Waals surface area contributed by atoms with Crippen molar-refractivity contribution in [2.45, 2.75) is 44.2 Å². The lowest BCUT2D eigenvalue weighted by atomic mass is 9.90. The number of aromatic amines is 1. The normalized spacial score (nSPS) is 20.5. The molecule has 0 bridgehead atoms. The van der Waals surface area contributed by atoms with Crippen molar-refractivity contribution < 1.29 is 5.11 Å². The van der Waals surface area contributed by atoms with Crippen LogP contribution in [0.25, 0.3) is 33.3 Å². The summed E-state index contributed by atoms with van der Waals surface area (Å²) in [6.07, 6.45) is 6.53. The Hall–Kier alpha value is -3.57. The zero-order chi connectivity index (χ0) is 28.6. The van der Waals surface area contributed by atoms with Gasteiger partial charge in [-0.15, -0.1) is 0 Å². The van der Waals surface area contributed by atoms with Gasteiger partial charge in [0, 0.05) is 55.8 Å². The van der Waals surface area contributed by atoms with Crippen LogP contribution in [0.2, 0.25) is 5.02 Å². The van der Waals surface area contributed by atoms with Crippen LogP contribution in [0.1, 0.15) is 43.1 Å². The quantitative estimate of drug-likeness (QED) is 0.258. The van der Waals surface area contributed by atoms with E-state index in [1.54, 1.807) is 0 Å². The van der Waals surface area contributed by atoms with Crippen molar-refractivity contribution >= 4 is 39.5 Å². The molecule has 2 aliphatic rings. The molecular formula is C31H36ClN9O. The Labute approximate surface area is 249 Å². The topological polar surface area (TPSA) is 125 Å². The number of nitrogens with two attached hydrogens (primary N) is 1. The van der Waals surface area contributed by atoms with E-state index in [0.717, 1.165) is 108 Å². The van der Waals surface area contributed by atoms with Crippen LogP contribution in [0.15, 0.2) is 48.8 Å². The molecule has 218 valence electrons. The summed E-state index contributed by atoms with van der Waals surface area (Å²) in [5.41, 5.74) is 11.9. The average molecular weight is 586 g/mol. The molecule has 42 heavy (non-hydrogen) atoms. The number of nitrogens with one attached hydrogen (secondary N) is 1. The molecule has 1 saturated carbocycles. The number of hydrogen-bond acceptors (Lipinski definition) is 8. The molecular weight excluding hydrogens is 550 g/mol. The predicted octanol–water partition coefficient (Wildman–Crippen LogP) is 4.29. The third-order valence-electron chi connectivity index (χ3n) is 8.99. The first kappa shape index (κ1) is 27.3. The maximum atomic E-state index is 9.25. The van der Waals surface area contributed by atoms with Gasteiger partial charge < -0.3 is 15.8 Å². The second kappa shape index (κ2) is 11.6. The lowest BCUT2D eigenvalue weighted by molar-refractivity contribution is 0.0629. The van der Waals surface area contributed by atoms with Crippen LogP contribution in [0.5, 0.6) is 0 Å². The van der Waals surface area contributed by atoms with E-state index in [4.69, 9.17) is 27.4 Å². The average Bonchev–Trinajstić information content (AvgIpc) is 3.61. The number of β-amino-alcohol motifs (C(OH)–C–C–N with tert-alkyl or cyclic N) is 1. The number of anilines is 1. The van der Waals surface area contributed by atoms with Crippen LogP contribution in [0.3, 0.4) is 0 Å². The minimum absolute atomic E-state index is 0.235. The molecule has 2 aromatic carbocycles. The SMILES string of the molecule is Nc1ncnc2c1c(-c1ccc3nc(Cc4ccccc4Cl)[nH]c3c1)nn2[C@H]1CC[C@@H](N2CCN(CCO)CC2)CC1. The first-order valence-electron chi connectivity index (χ1n) is 14.9. The summed E-state index contributed by atoms with van der Waals surface area (Å²) in [6, 6.07) is 14.9. The monoisotopic (exact) mass is 585 g/mol. The molecule has 3 aromatic heterocycles. The number of aromatic nitrogens is 6. The first-order chi connectivity index (χ1) is 20.6. The van der Waals surface area contributed by atoms with E-state index < -0.39 is 0 Å². The number of rotatable bonds is 7. The summed E-state index contributed by atoms with van der Waals surface area (Å²) in [5.74, 6) is 1.31. The fourth-order valence-corrected chi connectivity index (χ4v) is 6.93. The standard InChI is InChI=1S/C31H36ClN9O/c32-24-4-2-1-3-20(24)18-27-36-25-10-5-21(17-26(25)37-27)29-28-30(33)34-19-35-31(28)41(38-29)23-8-6-22(7-9-23)40-13-11-39(12-14-40)15-16-42/h1-5,10,17,19,22-23,42H,6-9,11-16,18H2,(H,36,37)(H2,33,34,35)/t22-,23+. The molecule has 5 aromatic rings. The van der Waals surface area contributed by atoms with Gasteiger partial charge in [0.1, 0.15) is 23.7 Å². The number of H-pyrrole nitrogens is 1. The number of halogens is 1. The number of nitrogens with zero attached hydrogens (tertiary/aromatic N) is 7. The van der Waals surface area contributed by atoms with Gasteiger partial charge >= 0.3 is 0 Å². The molecule has 0 radical (unpaired) electrons. The lowest BCUT2D eigenvalue weighted by Crippen LogP contribution is -2.51. The Morgan fingerprint density at radius 1 is 0.976 bits per heavy atom. The highest BCUT2D eigenvalue weighted by molar-refractivity contribution is 6.31. The van der Waals surface area contributed by atoms with Gasteiger partial charge in [-0.1, -0.05) is 35.9 Å². The molecule has 0 unspecified atom stereocenters. The third-order valence-corrected chi connectivity index (χ3v) is 9.36. The fraction of sp³-hybridized carbons (Fsp3) is 0.419. The fourth-order valence-electron chi connectivity index (χ4n) is 6.73. The van der Waals surface area contributed by atoms with E-state index in [-0.39, 0.29) is 12.6 Å². The van der Waals surface area contributed by atoms with Crippen LogP contribution >= 0.6 is 11.6 Å². The number of imidazole rings is 1. The highest BCUT2D eigenvalue weighted by Gasteiger charge is 2.31. The molecule has 0 spiro atoms. The smallest absolute Gasteiger partial charge is 0.164 e. The van der Waals surface area contributed by atoms with Crippen molar-refractivity contribution in [3.05, 3.63) is 65.2 Å². The molecule has 11 heteroatoms. The van der Waals surface area contributed by atoms with E-state index >= 15 is 0 Å². The van der Waals surface area contributed by atoms with Gasteiger partial charge in [-0.05, 0) is 49.4 Å². The summed E-state index contributed by atoms with van der Waals surface area (Å²) >= 11 is 6.39. The maximum absolute atomic E-state index is 9.25. The summed E-state index contributed by atoms with van der Waals surface area (Å²) in [6.45, 7) is 5.23. The van der Waals surface area contributed by atoms with E-state index in [1.165, 1.54) is 6.33 Å². The summed E-state index contributed by atoms with van der Waals surface area (Å²) in [7, 11) is 0. The van der Waals surface area contributed by atoms with Crippen LogP contribution in [-0.2, 0) is 6.42 Å². The van der Waals surface area contributed by atoms with E-state index in [9.17, 15) is 5.11 Å².